The summed E-state index contributed by atoms with van der Waals surface area (Å²) in [7, 11) is 1.46. The van der Waals surface area contributed by atoms with Gasteiger partial charge in [0.25, 0.3) is 5.56 Å². The number of carboxylic acid groups (broad SMARTS) is 1. The zero-order chi connectivity index (χ0) is 15.0. The Kier molecular flexibility index (Phi) is 3.02. The molecule has 3 rings (SSSR count). The second kappa shape index (κ2) is 4.86. The van der Waals surface area contributed by atoms with Crippen LogP contribution in [-0.2, 0) is 7.05 Å². The lowest BCUT2D eigenvalue weighted by atomic mass is 10.00. The summed E-state index contributed by atoms with van der Waals surface area (Å²) in [5, 5.41) is 9.91. The number of pyridine rings is 2. The van der Waals surface area contributed by atoms with Gasteiger partial charge in [-0.2, -0.15) is 0 Å². The van der Waals surface area contributed by atoms with Gasteiger partial charge in [-0.25, -0.2) is 4.79 Å². The second-order valence-corrected chi connectivity index (χ2v) is 4.66. The molecule has 0 saturated heterocycles. The van der Waals surface area contributed by atoms with Crippen LogP contribution in [0, 0.1) is 0 Å². The first-order chi connectivity index (χ1) is 10.1. The number of rotatable bonds is 2. The van der Waals surface area contributed by atoms with Crippen LogP contribution < -0.4 is 5.56 Å². The lowest BCUT2D eigenvalue weighted by molar-refractivity contribution is 0.0686. The Bertz CT molecular complexity index is 899. The van der Waals surface area contributed by atoms with Gasteiger partial charge in [0, 0.05) is 18.8 Å². The minimum atomic E-state index is -1.15. The van der Waals surface area contributed by atoms with Crippen LogP contribution in [0.2, 0.25) is 0 Å². The molecule has 0 saturated carbocycles. The molecule has 0 bridgehead atoms. The highest BCUT2D eigenvalue weighted by Gasteiger charge is 2.21. The van der Waals surface area contributed by atoms with Crippen LogP contribution >= 0.6 is 0 Å². The Hall–Kier alpha value is -2.95. The molecule has 0 radical (unpaired) electrons. The molecule has 0 unspecified atom stereocenters. The van der Waals surface area contributed by atoms with Crippen molar-refractivity contribution in [1.82, 2.24) is 9.55 Å². The van der Waals surface area contributed by atoms with Gasteiger partial charge in [0.1, 0.15) is 5.69 Å². The van der Waals surface area contributed by atoms with Gasteiger partial charge in [0.2, 0.25) is 0 Å². The minimum absolute atomic E-state index is 0.0580. The number of aromatic nitrogens is 2. The molecular formula is C16H12N2O3. The lowest BCUT2D eigenvalue weighted by Gasteiger charge is -2.13. The summed E-state index contributed by atoms with van der Waals surface area (Å²) >= 11 is 0. The van der Waals surface area contributed by atoms with Gasteiger partial charge >= 0.3 is 5.97 Å². The highest BCUT2D eigenvalue weighted by Crippen LogP contribution is 2.28. The number of nitrogens with zero attached hydrogens (tertiary/aromatic N) is 2. The quantitative estimate of drug-likeness (QED) is 0.781. The van der Waals surface area contributed by atoms with Crippen molar-refractivity contribution in [1.29, 1.82) is 0 Å². The molecule has 0 aliphatic rings. The lowest BCUT2D eigenvalue weighted by Crippen LogP contribution is -2.25. The predicted octanol–water partition coefficient (Wildman–Crippen LogP) is 2.30. The fourth-order valence-electron chi connectivity index (χ4n) is 2.47. The van der Waals surface area contributed by atoms with E-state index in [1.807, 2.05) is 18.2 Å². The Morgan fingerprint density at radius 1 is 1.14 bits per heavy atom. The Morgan fingerprint density at radius 2 is 1.86 bits per heavy atom. The molecule has 1 N–H and O–H groups in total. The van der Waals surface area contributed by atoms with Crippen LogP contribution in [0.1, 0.15) is 10.5 Å². The molecule has 2 aromatic heterocycles. The molecule has 1 aromatic carbocycles. The average molecular weight is 280 g/mol. The molecule has 0 aliphatic heterocycles. The third-order valence-electron chi connectivity index (χ3n) is 3.42. The Morgan fingerprint density at radius 3 is 2.52 bits per heavy atom. The van der Waals surface area contributed by atoms with Gasteiger partial charge in [-0.1, -0.05) is 30.3 Å². The van der Waals surface area contributed by atoms with Crippen LogP contribution in [0.3, 0.4) is 0 Å². The standard InChI is InChI=1S/C16H12N2O3/c1-18-14(16(20)21)12(10-6-3-2-4-7-10)13-11(15(18)19)8-5-9-17-13/h2-9H,1H3,(H,20,21). The molecular weight excluding hydrogens is 268 g/mol. The molecule has 3 aromatic rings. The average Bonchev–Trinajstić information content (AvgIpc) is 2.51. The van der Waals surface area contributed by atoms with Crippen LogP contribution in [0.25, 0.3) is 22.0 Å². The molecule has 104 valence electrons. The van der Waals surface area contributed by atoms with E-state index in [0.29, 0.717) is 22.0 Å². The SMILES string of the molecule is Cn1c(C(=O)O)c(-c2ccccc2)c2ncccc2c1=O. The van der Waals surface area contributed by atoms with Crippen molar-refractivity contribution in [3.05, 3.63) is 64.7 Å². The highest BCUT2D eigenvalue weighted by molar-refractivity contribution is 6.04. The van der Waals surface area contributed by atoms with E-state index >= 15 is 0 Å². The van der Waals surface area contributed by atoms with Crippen molar-refractivity contribution in [2.45, 2.75) is 0 Å². The summed E-state index contributed by atoms with van der Waals surface area (Å²) in [6, 6.07) is 12.4. The molecule has 5 nitrogen and oxygen atoms in total. The Balaban J connectivity index is 2.57. The van der Waals surface area contributed by atoms with Crippen molar-refractivity contribution in [2.24, 2.45) is 7.05 Å². The van der Waals surface area contributed by atoms with E-state index in [0.717, 1.165) is 4.57 Å². The molecule has 0 amide bonds. The topological polar surface area (TPSA) is 72.2 Å². The van der Waals surface area contributed by atoms with Crippen molar-refractivity contribution < 1.29 is 9.90 Å². The number of carbonyl (C=O) groups is 1. The molecule has 0 atom stereocenters. The van der Waals surface area contributed by atoms with E-state index in [1.165, 1.54) is 7.05 Å². The summed E-state index contributed by atoms with van der Waals surface area (Å²) in [4.78, 5) is 28.1. The first-order valence-electron chi connectivity index (χ1n) is 6.37. The first-order valence-corrected chi connectivity index (χ1v) is 6.37. The zero-order valence-electron chi connectivity index (χ0n) is 11.3. The van der Waals surface area contributed by atoms with Crippen molar-refractivity contribution in [3.8, 4) is 11.1 Å². The van der Waals surface area contributed by atoms with E-state index in [2.05, 4.69) is 4.98 Å². The van der Waals surface area contributed by atoms with Crippen molar-refractivity contribution >= 4 is 16.9 Å². The summed E-state index contributed by atoms with van der Waals surface area (Å²) < 4.78 is 1.16. The van der Waals surface area contributed by atoms with Crippen LogP contribution in [-0.4, -0.2) is 20.6 Å². The van der Waals surface area contributed by atoms with Crippen LogP contribution in [0.5, 0.6) is 0 Å². The van der Waals surface area contributed by atoms with E-state index in [-0.39, 0.29) is 11.3 Å². The zero-order valence-corrected chi connectivity index (χ0v) is 11.3. The van der Waals surface area contributed by atoms with Crippen molar-refractivity contribution in [3.63, 3.8) is 0 Å². The fourth-order valence-corrected chi connectivity index (χ4v) is 2.47. The summed E-state index contributed by atoms with van der Waals surface area (Å²) in [5.74, 6) is -1.15. The molecule has 21 heavy (non-hydrogen) atoms. The second-order valence-electron chi connectivity index (χ2n) is 4.66. The maximum Gasteiger partial charge on any atom is 0.353 e. The smallest absolute Gasteiger partial charge is 0.353 e. The van der Waals surface area contributed by atoms with Gasteiger partial charge < -0.3 is 9.67 Å². The normalized spacial score (nSPS) is 10.7. The maximum atomic E-state index is 12.3. The monoisotopic (exact) mass is 280 g/mol. The van der Waals surface area contributed by atoms with Gasteiger partial charge in [0.05, 0.1) is 10.9 Å². The van der Waals surface area contributed by atoms with Gasteiger partial charge in [-0.3, -0.25) is 9.78 Å². The number of fused-ring (bicyclic) bond motifs is 1. The van der Waals surface area contributed by atoms with Gasteiger partial charge in [-0.05, 0) is 17.7 Å². The molecule has 0 aliphatic carbocycles. The minimum Gasteiger partial charge on any atom is -0.477 e. The predicted molar refractivity (Wildman–Crippen MR) is 79.4 cm³/mol. The molecule has 0 spiro atoms. The molecule has 0 fully saturated rings. The number of benzene rings is 1. The fraction of sp³-hybridized carbons (Fsp3) is 0.0625. The van der Waals surface area contributed by atoms with Crippen LogP contribution in [0.4, 0.5) is 0 Å². The summed E-state index contributed by atoms with van der Waals surface area (Å²) in [5.41, 5.74) is 1.16. The third kappa shape index (κ3) is 1.99. The first kappa shape index (κ1) is 13.1. The third-order valence-corrected chi connectivity index (χ3v) is 3.42. The number of hydrogen-bond acceptors (Lipinski definition) is 3. The summed E-state index contributed by atoms with van der Waals surface area (Å²) in [6.07, 6.45) is 1.56. The van der Waals surface area contributed by atoms with E-state index in [9.17, 15) is 14.7 Å². The van der Waals surface area contributed by atoms with Crippen molar-refractivity contribution in [2.75, 3.05) is 0 Å². The van der Waals surface area contributed by atoms with E-state index in [1.54, 1.807) is 30.5 Å². The van der Waals surface area contributed by atoms with Gasteiger partial charge in [-0.15, -0.1) is 0 Å². The van der Waals surface area contributed by atoms with Crippen LogP contribution in [0.15, 0.2) is 53.5 Å². The molecule has 2 heterocycles. The highest BCUT2D eigenvalue weighted by atomic mass is 16.4. The maximum absolute atomic E-state index is 12.3. The number of carboxylic acids is 1. The van der Waals surface area contributed by atoms with Gasteiger partial charge in [0.15, 0.2) is 0 Å². The molecule has 5 heteroatoms. The largest absolute Gasteiger partial charge is 0.477 e. The Labute approximate surface area is 120 Å². The number of aromatic carboxylic acids is 1. The number of hydrogen-bond donors (Lipinski definition) is 1. The van der Waals surface area contributed by atoms with E-state index in [4.69, 9.17) is 0 Å². The summed E-state index contributed by atoms with van der Waals surface area (Å²) in [6.45, 7) is 0. The van der Waals surface area contributed by atoms with E-state index < -0.39 is 5.97 Å².